The fourth-order valence-corrected chi connectivity index (χ4v) is 5.24. The van der Waals surface area contributed by atoms with Gasteiger partial charge in [-0.1, -0.05) is 79.2 Å². The van der Waals surface area contributed by atoms with Gasteiger partial charge in [-0.3, -0.25) is 0 Å². The van der Waals surface area contributed by atoms with E-state index in [2.05, 4.69) is 112 Å². The van der Waals surface area contributed by atoms with E-state index in [1.54, 1.807) is 0 Å². The van der Waals surface area contributed by atoms with Crippen molar-refractivity contribution in [2.24, 2.45) is 0 Å². The van der Waals surface area contributed by atoms with E-state index in [-0.39, 0.29) is 11.0 Å². The zero-order valence-electron chi connectivity index (χ0n) is 17.8. The Morgan fingerprint density at radius 2 is 1.39 bits per heavy atom. The molecule has 1 aliphatic rings. The second-order valence-corrected chi connectivity index (χ2v) is 9.35. The highest BCUT2D eigenvalue weighted by Crippen LogP contribution is 2.49. The van der Waals surface area contributed by atoms with Crippen molar-refractivity contribution >= 4 is 5.69 Å². The van der Waals surface area contributed by atoms with E-state index in [0.717, 1.165) is 13.0 Å². The molecule has 1 saturated heterocycles. The van der Waals surface area contributed by atoms with Crippen molar-refractivity contribution in [3.8, 4) is 11.1 Å². The Morgan fingerprint density at radius 3 is 2.04 bits per heavy atom. The summed E-state index contributed by atoms with van der Waals surface area (Å²) < 4.78 is 0. The van der Waals surface area contributed by atoms with Crippen molar-refractivity contribution in [3.63, 3.8) is 0 Å². The molecule has 0 aromatic heterocycles. The van der Waals surface area contributed by atoms with Crippen LogP contribution in [0.4, 0.5) is 5.69 Å². The van der Waals surface area contributed by atoms with Gasteiger partial charge in [0.05, 0.1) is 0 Å². The standard InChI is InChI=1S/C27H31N/c1-20-16-21(2)25(24(17-20)22-12-8-6-9-13-22)28-19-27(5,18-26(28,3)4)23-14-10-7-11-15-23/h6-17H,18-19H2,1-5H3. The summed E-state index contributed by atoms with van der Waals surface area (Å²) in [5.41, 5.74) is 8.41. The van der Waals surface area contributed by atoms with E-state index in [1.165, 1.54) is 33.5 Å². The molecule has 28 heavy (non-hydrogen) atoms. The highest BCUT2D eigenvalue weighted by molar-refractivity contribution is 5.82. The summed E-state index contributed by atoms with van der Waals surface area (Å²) in [5.74, 6) is 0. The second kappa shape index (κ2) is 6.81. The van der Waals surface area contributed by atoms with Crippen LogP contribution in [0.5, 0.6) is 0 Å². The average molecular weight is 370 g/mol. The van der Waals surface area contributed by atoms with Crippen LogP contribution in [0.3, 0.4) is 0 Å². The highest BCUT2D eigenvalue weighted by atomic mass is 15.2. The predicted molar refractivity (Wildman–Crippen MR) is 121 cm³/mol. The molecular formula is C27H31N. The minimum Gasteiger partial charge on any atom is -0.365 e. The molecule has 0 N–H and O–H groups in total. The third-order valence-electron chi connectivity index (χ3n) is 6.33. The van der Waals surface area contributed by atoms with Crippen LogP contribution >= 0.6 is 0 Å². The molecule has 0 bridgehead atoms. The topological polar surface area (TPSA) is 3.24 Å². The number of hydrogen-bond acceptors (Lipinski definition) is 1. The summed E-state index contributed by atoms with van der Waals surface area (Å²) in [6, 6.07) is 26.6. The van der Waals surface area contributed by atoms with Gasteiger partial charge >= 0.3 is 0 Å². The van der Waals surface area contributed by atoms with Gasteiger partial charge < -0.3 is 4.90 Å². The number of hydrogen-bond donors (Lipinski definition) is 0. The molecule has 1 atom stereocenters. The fourth-order valence-electron chi connectivity index (χ4n) is 5.24. The van der Waals surface area contributed by atoms with Crippen LogP contribution in [-0.4, -0.2) is 12.1 Å². The molecule has 1 aliphatic heterocycles. The third-order valence-corrected chi connectivity index (χ3v) is 6.33. The molecule has 1 unspecified atom stereocenters. The van der Waals surface area contributed by atoms with Crippen LogP contribution in [0.2, 0.25) is 0 Å². The quantitative estimate of drug-likeness (QED) is 0.484. The maximum absolute atomic E-state index is 2.66. The van der Waals surface area contributed by atoms with Gasteiger partial charge in [-0.2, -0.15) is 0 Å². The van der Waals surface area contributed by atoms with E-state index in [1.807, 2.05) is 0 Å². The van der Waals surface area contributed by atoms with E-state index in [0.29, 0.717) is 0 Å². The predicted octanol–water partition coefficient (Wildman–Crippen LogP) is 6.92. The number of rotatable bonds is 3. The van der Waals surface area contributed by atoms with Crippen LogP contribution in [-0.2, 0) is 5.41 Å². The maximum Gasteiger partial charge on any atom is 0.0480 e. The Kier molecular flexibility index (Phi) is 4.57. The second-order valence-electron chi connectivity index (χ2n) is 9.35. The van der Waals surface area contributed by atoms with Gasteiger partial charge in [0, 0.05) is 28.7 Å². The summed E-state index contributed by atoms with van der Waals surface area (Å²) >= 11 is 0. The molecule has 3 aromatic rings. The SMILES string of the molecule is Cc1cc(C)c(N2CC(C)(c3ccccc3)CC2(C)C)c(-c2ccccc2)c1. The molecule has 0 aliphatic carbocycles. The summed E-state index contributed by atoms with van der Waals surface area (Å²) in [6.07, 6.45) is 1.14. The smallest absolute Gasteiger partial charge is 0.0480 e. The Balaban J connectivity index is 1.85. The van der Waals surface area contributed by atoms with Gasteiger partial charge in [0.2, 0.25) is 0 Å². The van der Waals surface area contributed by atoms with Crippen LogP contribution < -0.4 is 4.90 Å². The first-order valence-electron chi connectivity index (χ1n) is 10.3. The van der Waals surface area contributed by atoms with Crippen molar-refractivity contribution in [2.75, 3.05) is 11.4 Å². The van der Waals surface area contributed by atoms with Gasteiger partial charge in [-0.15, -0.1) is 0 Å². The van der Waals surface area contributed by atoms with Crippen molar-refractivity contribution in [3.05, 3.63) is 89.5 Å². The van der Waals surface area contributed by atoms with Gasteiger partial charge in [0.1, 0.15) is 0 Å². The van der Waals surface area contributed by atoms with Gasteiger partial charge in [0.15, 0.2) is 0 Å². The zero-order valence-corrected chi connectivity index (χ0v) is 17.8. The molecule has 4 rings (SSSR count). The first-order chi connectivity index (χ1) is 13.3. The lowest BCUT2D eigenvalue weighted by Crippen LogP contribution is -2.39. The van der Waals surface area contributed by atoms with E-state index >= 15 is 0 Å². The van der Waals surface area contributed by atoms with Crippen molar-refractivity contribution < 1.29 is 0 Å². The van der Waals surface area contributed by atoms with Crippen LogP contribution in [0, 0.1) is 13.8 Å². The van der Waals surface area contributed by atoms with Gasteiger partial charge in [-0.25, -0.2) is 0 Å². The molecule has 0 spiro atoms. The third kappa shape index (κ3) is 3.24. The molecule has 0 radical (unpaired) electrons. The lowest BCUT2D eigenvalue weighted by atomic mass is 9.78. The average Bonchev–Trinajstić information content (AvgIpc) is 2.92. The molecule has 144 valence electrons. The van der Waals surface area contributed by atoms with Crippen LogP contribution in [0.25, 0.3) is 11.1 Å². The number of benzene rings is 3. The number of nitrogens with zero attached hydrogens (tertiary/aromatic N) is 1. The number of anilines is 1. The van der Waals surface area contributed by atoms with E-state index in [4.69, 9.17) is 0 Å². The fraction of sp³-hybridized carbons (Fsp3) is 0.333. The lowest BCUT2D eigenvalue weighted by Gasteiger charge is -2.36. The molecular weight excluding hydrogens is 338 g/mol. The maximum atomic E-state index is 2.66. The summed E-state index contributed by atoms with van der Waals surface area (Å²) in [6.45, 7) is 12.7. The monoisotopic (exact) mass is 369 g/mol. The van der Waals surface area contributed by atoms with Gasteiger partial charge in [-0.05, 0) is 56.9 Å². The molecule has 1 heteroatoms. The van der Waals surface area contributed by atoms with Crippen LogP contribution in [0.15, 0.2) is 72.8 Å². The molecule has 1 heterocycles. The Bertz CT molecular complexity index is 972. The highest BCUT2D eigenvalue weighted by Gasteiger charge is 2.47. The minimum absolute atomic E-state index is 0.0914. The number of aryl methyl sites for hydroxylation is 2. The Labute approximate surface area is 170 Å². The summed E-state index contributed by atoms with van der Waals surface area (Å²) in [4.78, 5) is 2.66. The molecule has 1 nitrogen and oxygen atoms in total. The van der Waals surface area contributed by atoms with E-state index in [9.17, 15) is 0 Å². The molecule has 1 fully saturated rings. The van der Waals surface area contributed by atoms with E-state index < -0.39 is 0 Å². The summed E-state index contributed by atoms with van der Waals surface area (Å²) in [5, 5.41) is 0. The molecule has 3 aromatic carbocycles. The van der Waals surface area contributed by atoms with Gasteiger partial charge in [0.25, 0.3) is 0 Å². The minimum atomic E-state index is 0.0914. The summed E-state index contributed by atoms with van der Waals surface area (Å²) in [7, 11) is 0. The Morgan fingerprint density at radius 1 is 0.786 bits per heavy atom. The van der Waals surface area contributed by atoms with Crippen LogP contribution in [0.1, 0.15) is 43.9 Å². The molecule has 0 saturated carbocycles. The largest absolute Gasteiger partial charge is 0.365 e. The first-order valence-corrected chi connectivity index (χ1v) is 10.3. The van der Waals surface area contributed by atoms with Crippen molar-refractivity contribution in [1.29, 1.82) is 0 Å². The zero-order chi connectivity index (χ0) is 19.9. The molecule has 0 amide bonds. The van der Waals surface area contributed by atoms with Crippen molar-refractivity contribution in [1.82, 2.24) is 0 Å². The van der Waals surface area contributed by atoms with Crippen molar-refractivity contribution in [2.45, 2.75) is 52.0 Å². The normalized spacial score (nSPS) is 21.1. The lowest BCUT2D eigenvalue weighted by molar-refractivity contribution is 0.445. The Hall–Kier alpha value is -2.54. The first kappa shape index (κ1) is 18.8.